The van der Waals surface area contributed by atoms with E-state index in [1.54, 1.807) is 6.92 Å². The third kappa shape index (κ3) is 4.31. The molecule has 0 aliphatic carbocycles. The molecule has 2 rings (SSSR count). The molecule has 1 aromatic heterocycles. The van der Waals surface area contributed by atoms with E-state index >= 15 is 0 Å². The lowest BCUT2D eigenvalue weighted by Gasteiger charge is -2.16. The number of aliphatic hydroxyl groups excluding tert-OH is 1. The van der Waals surface area contributed by atoms with Gasteiger partial charge in [-0.1, -0.05) is 6.07 Å². The molecule has 0 spiro atoms. The van der Waals surface area contributed by atoms with Crippen LogP contribution in [-0.2, 0) is 6.18 Å². The number of nitrogens with zero attached hydrogens (tertiary/aromatic N) is 2. The number of halogens is 4. The quantitative estimate of drug-likeness (QED) is 0.725. The molecular weight excluding hydrogens is 328 g/mol. The van der Waals surface area contributed by atoms with E-state index in [1.165, 1.54) is 25.1 Å². The second kappa shape index (κ2) is 7.00. The molecule has 5 nitrogen and oxygen atoms in total. The first-order valence-corrected chi connectivity index (χ1v) is 7.06. The number of anilines is 3. The standard InChI is InChI=1S/C15H16F4N4O/c1-8(7-24)20-14-22-12(15(17,18)19)6-13(23-14)21-11-5-3-4-10(16)9(11)2/h3-6,8,24H,7H2,1-2H3,(H2,20,21,22,23)/t8-/m1/s1. The molecule has 0 unspecified atom stereocenters. The van der Waals surface area contributed by atoms with Crippen molar-refractivity contribution in [1.82, 2.24) is 9.97 Å². The van der Waals surface area contributed by atoms with Gasteiger partial charge in [0, 0.05) is 23.4 Å². The van der Waals surface area contributed by atoms with Crippen LogP contribution in [0.3, 0.4) is 0 Å². The highest BCUT2D eigenvalue weighted by atomic mass is 19.4. The minimum atomic E-state index is -4.67. The van der Waals surface area contributed by atoms with Crippen molar-refractivity contribution in [2.75, 3.05) is 17.2 Å². The molecule has 2 aromatic rings. The fraction of sp³-hybridized carbons (Fsp3) is 0.333. The number of aliphatic hydroxyl groups is 1. The Morgan fingerprint density at radius 3 is 2.58 bits per heavy atom. The van der Waals surface area contributed by atoms with Crippen LogP contribution in [0, 0.1) is 12.7 Å². The van der Waals surface area contributed by atoms with E-state index in [1.807, 2.05) is 0 Å². The number of benzene rings is 1. The van der Waals surface area contributed by atoms with E-state index in [0.29, 0.717) is 5.69 Å². The van der Waals surface area contributed by atoms with Crippen molar-refractivity contribution < 1.29 is 22.7 Å². The number of nitrogens with one attached hydrogen (secondary N) is 2. The summed E-state index contributed by atoms with van der Waals surface area (Å²) in [5.41, 5.74) is -0.604. The molecule has 0 radical (unpaired) electrons. The second-order valence-corrected chi connectivity index (χ2v) is 5.23. The van der Waals surface area contributed by atoms with Gasteiger partial charge in [-0.2, -0.15) is 18.2 Å². The van der Waals surface area contributed by atoms with Crippen LogP contribution in [0.4, 0.5) is 35.0 Å². The van der Waals surface area contributed by atoms with Crippen LogP contribution in [0.15, 0.2) is 24.3 Å². The predicted octanol–water partition coefficient (Wildman–Crippen LogP) is 3.48. The topological polar surface area (TPSA) is 70.1 Å². The highest BCUT2D eigenvalue weighted by Crippen LogP contribution is 2.31. The Morgan fingerprint density at radius 2 is 1.96 bits per heavy atom. The van der Waals surface area contributed by atoms with E-state index < -0.39 is 23.7 Å². The van der Waals surface area contributed by atoms with Crippen LogP contribution < -0.4 is 10.6 Å². The summed E-state index contributed by atoms with van der Waals surface area (Å²) < 4.78 is 52.5. The van der Waals surface area contributed by atoms with Crippen molar-refractivity contribution in [2.45, 2.75) is 26.1 Å². The maximum absolute atomic E-state index is 13.6. The summed E-state index contributed by atoms with van der Waals surface area (Å²) in [6, 6.07) is 4.41. The Bertz CT molecular complexity index is 721. The number of alkyl halides is 3. The van der Waals surface area contributed by atoms with Gasteiger partial charge < -0.3 is 15.7 Å². The third-order valence-corrected chi connectivity index (χ3v) is 3.20. The SMILES string of the molecule is Cc1c(F)cccc1Nc1cc(C(F)(F)F)nc(N[C@H](C)CO)n1. The Labute approximate surface area is 135 Å². The largest absolute Gasteiger partial charge is 0.433 e. The molecular formula is C15H16F4N4O. The van der Waals surface area contributed by atoms with Crippen molar-refractivity contribution >= 4 is 17.5 Å². The van der Waals surface area contributed by atoms with Crippen LogP contribution >= 0.6 is 0 Å². The minimum absolute atomic E-state index is 0.140. The predicted molar refractivity (Wildman–Crippen MR) is 81.6 cm³/mol. The van der Waals surface area contributed by atoms with Gasteiger partial charge in [-0.05, 0) is 26.0 Å². The molecule has 1 heterocycles. The molecule has 130 valence electrons. The van der Waals surface area contributed by atoms with Crippen LogP contribution in [0.5, 0.6) is 0 Å². The first-order valence-electron chi connectivity index (χ1n) is 7.06. The third-order valence-electron chi connectivity index (χ3n) is 3.20. The van der Waals surface area contributed by atoms with Crippen molar-refractivity contribution in [3.8, 4) is 0 Å². The molecule has 1 atom stereocenters. The zero-order valence-electron chi connectivity index (χ0n) is 12.9. The van der Waals surface area contributed by atoms with Gasteiger partial charge in [0.05, 0.1) is 6.61 Å². The van der Waals surface area contributed by atoms with E-state index in [0.717, 1.165) is 6.07 Å². The highest BCUT2D eigenvalue weighted by Gasteiger charge is 2.34. The van der Waals surface area contributed by atoms with Gasteiger partial charge in [0.2, 0.25) is 5.95 Å². The van der Waals surface area contributed by atoms with Crippen LogP contribution in [0.25, 0.3) is 0 Å². The van der Waals surface area contributed by atoms with Crippen LogP contribution in [0.1, 0.15) is 18.2 Å². The lowest BCUT2D eigenvalue weighted by atomic mass is 10.2. The monoisotopic (exact) mass is 344 g/mol. The van der Waals surface area contributed by atoms with E-state index in [4.69, 9.17) is 5.11 Å². The Morgan fingerprint density at radius 1 is 1.25 bits per heavy atom. The van der Waals surface area contributed by atoms with Crippen molar-refractivity contribution in [2.24, 2.45) is 0 Å². The first kappa shape index (κ1) is 17.9. The summed E-state index contributed by atoms with van der Waals surface area (Å²) in [5, 5.41) is 14.2. The van der Waals surface area contributed by atoms with Crippen molar-refractivity contribution in [3.63, 3.8) is 0 Å². The van der Waals surface area contributed by atoms with Crippen LogP contribution in [0.2, 0.25) is 0 Å². The number of rotatable bonds is 5. The summed E-state index contributed by atoms with van der Waals surface area (Å²) in [4.78, 5) is 7.34. The molecule has 0 saturated heterocycles. The Kier molecular flexibility index (Phi) is 5.23. The van der Waals surface area contributed by atoms with Gasteiger partial charge in [-0.3, -0.25) is 0 Å². The fourth-order valence-corrected chi connectivity index (χ4v) is 1.87. The summed E-state index contributed by atoms with van der Waals surface area (Å²) in [6.07, 6.45) is -4.67. The number of hydrogen-bond acceptors (Lipinski definition) is 5. The summed E-state index contributed by atoms with van der Waals surface area (Å²) in [5.74, 6) is -0.918. The molecule has 1 aromatic carbocycles. The zero-order chi connectivity index (χ0) is 17.9. The lowest BCUT2D eigenvalue weighted by molar-refractivity contribution is -0.141. The highest BCUT2D eigenvalue weighted by molar-refractivity contribution is 5.61. The second-order valence-electron chi connectivity index (χ2n) is 5.23. The van der Waals surface area contributed by atoms with Gasteiger partial charge in [-0.15, -0.1) is 0 Å². The zero-order valence-corrected chi connectivity index (χ0v) is 12.9. The fourth-order valence-electron chi connectivity index (χ4n) is 1.87. The van der Waals surface area contributed by atoms with E-state index in [2.05, 4.69) is 20.6 Å². The van der Waals surface area contributed by atoms with Gasteiger partial charge in [0.15, 0.2) is 5.69 Å². The average molecular weight is 344 g/mol. The molecule has 0 aliphatic rings. The normalized spacial score (nSPS) is 12.8. The molecule has 24 heavy (non-hydrogen) atoms. The van der Waals surface area contributed by atoms with Crippen molar-refractivity contribution in [1.29, 1.82) is 0 Å². The lowest BCUT2D eigenvalue weighted by Crippen LogP contribution is -2.22. The number of aromatic nitrogens is 2. The number of hydrogen-bond donors (Lipinski definition) is 3. The Hall–Kier alpha value is -2.42. The van der Waals surface area contributed by atoms with E-state index in [9.17, 15) is 17.6 Å². The molecule has 9 heteroatoms. The van der Waals surface area contributed by atoms with Gasteiger partial charge in [-0.25, -0.2) is 9.37 Å². The maximum Gasteiger partial charge on any atom is 0.433 e. The molecule has 0 bridgehead atoms. The Balaban J connectivity index is 2.41. The first-order chi connectivity index (χ1) is 11.2. The summed E-state index contributed by atoms with van der Waals surface area (Å²) >= 11 is 0. The van der Waals surface area contributed by atoms with Gasteiger partial charge in [0.25, 0.3) is 0 Å². The van der Waals surface area contributed by atoms with Gasteiger partial charge in [0.1, 0.15) is 11.6 Å². The molecule has 0 saturated carbocycles. The smallest absolute Gasteiger partial charge is 0.394 e. The van der Waals surface area contributed by atoms with E-state index in [-0.39, 0.29) is 23.9 Å². The molecule has 0 aliphatic heterocycles. The van der Waals surface area contributed by atoms with Gasteiger partial charge >= 0.3 is 6.18 Å². The molecule has 0 amide bonds. The summed E-state index contributed by atoms with van der Waals surface area (Å²) in [7, 11) is 0. The maximum atomic E-state index is 13.6. The average Bonchev–Trinajstić information content (AvgIpc) is 2.50. The molecule has 0 fully saturated rings. The summed E-state index contributed by atoms with van der Waals surface area (Å²) in [6.45, 7) is 2.76. The van der Waals surface area contributed by atoms with Crippen LogP contribution in [-0.4, -0.2) is 27.7 Å². The minimum Gasteiger partial charge on any atom is -0.394 e. The van der Waals surface area contributed by atoms with Crippen molar-refractivity contribution in [3.05, 3.63) is 41.3 Å². The molecule has 3 N–H and O–H groups in total.